The number of ether oxygens (including phenoxy) is 2. The van der Waals surface area contributed by atoms with Crippen LogP contribution in [0.1, 0.15) is 39.9 Å². The van der Waals surface area contributed by atoms with E-state index in [0.29, 0.717) is 29.7 Å². The average Bonchev–Trinajstić information content (AvgIpc) is 3.16. The molecule has 1 aliphatic heterocycles. The molecule has 1 unspecified atom stereocenters. The van der Waals surface area contributed by atoms with Crippen LogP contribution in [0.2, 0.25) is 0 Å². The fourth-order valence-corrected chi connectivity index (χ4v) is 3.81. The van der Waals surface area contributed by atoms with Crippen molar-refractivity contribution in [3.63, 3.8) is 0 Å². The molecule has 0 radical (unpaired) electrons. The minimum Gasteiger partial charge on any atom is -0.496 e. The molecule has 1 N–H and O–H groups in total. The third-order valence-electron chi connectivity index (χ3n) is 5.27. The number of aromatic nitrogens is 1. The van der Waals surface area contributed by atoms with Crippen molar-refractivity contribution in [3.8, 4) is 5.75 Å². The number of aryl methyl sites for hydroxylation is 2. The number of carbonyl (C=O) groups excluding carboxylic acids is 1. The van der Waals surface area contributed by atoms with Crippen molar-refractivity contribution in [2.45, 2.75) is 32.7 Å². The van der Waals surface area contributed by atoms with E-state index in [4.69, 9.17) is 9.47 Å². The average molecular weight is 396 g/mol. The minimum absolute atomic E-state index is 0.240. The number of hydrogen-bond donors (Lipinski definition) is 1. The predicted octanol–water partition coefficient (Wildman–Crippen LogP) is 3.72. The van der Waals surface area contributed by atoms with Gasteiger partial charge in [0.2, 0.25) is 0 Å². The maximum atomic E-state index is 12.8. The number of pyridine rings is 1. The zero-order valence-corrected chi connectivity index (χ0v) is 17.6. The molecule has 2 heterocycles. The van der Waals surface area contributed by atoms with E-state index in [1.165, 1.54) is 0 Å². The number of methoxy groups -OCH3 is 2. The highest BCUT2D eigenvalue weighted by atomic mass is 16.5. The van der Waals surface area contributed by atoms with E-state index in [9.17, 15) is 4.79 Å². The number of nitrogens with zero attached hydrogens (tertiary/aromatic N) is 2. The molecule has 2 aromatic rings. The maximum absolute atomic E-state index is 12.8. The molecule has 1 atom stereocenters. The van der Waals surface area contributed by atoms with Crippen molar-refractivity contribution >= 4 is 17.4 Å². The summed E-state index contributed by atoms with van der Waals surface area (Å²) < 4.78 is 10.7. The van der Waals surface area contributed by atoms with Crippen molar-refractivity contribution < 1.29 is 14.3 Å². The first-order chi connectivity index (χ1) is 13.9. The summed E-state index contributed by atoms with van der Waals surface area (Å²) in [4.78, 5) is 19.6. The molecule has 1 saturated heterocycles. The second-order valence-electron chi connectivity index (χ2n) is 7.45. The first kappa shape index (κ1) is 20.9. The molecule has 1 aromatic carbocycles. The highest BCUT2D eigenvalue weighted by molar-refractivity contribution is 5.99. The fourth-order valence-electron chi connectivity index (χ4n) is 3.81. The zero-order valence-electron chi connectivity index (χ0n) is 17.6. The Kier molecular flexibility index (Phi) is 6.54. The van der Waals surface area contributed by atoms with Crippen molar-refractivity contribution in [3.05, 3.63) is 59.3 Å². The Balaban J connectivity index is 1.76. The third kappa shape index (κ3) is 4.59. The van der Waals surface area contributed by atoms with Gasteiger partial charge in [-0.15, -0.1) is 0 Å². The lowest BCUT2D eigenvalue weighted by Gasteiger charge is -2.26. The van der Waals surface area contributed by atoms with Crippen LogP contribution >= 0.6 is 0 Å². The number of nitrogens with one attached hydrogen (secondary N) is 1. The fraction of sp³-hybridized carbons (Fsp3) is 0.391. The summed E-state index contributed by atoms with van der Waals surface area (Å²) in [6.07, 6.45) is 3.84. The van der Waals surface area contributed by atoms with Gasteiger partial charge in [-0.05, 0) is 50.5 Å². The van der Waals surface area contributed by atoms with E-state index in [0.717, 1.165) is 41.9 Å². The van der Waals surface area contributed by atoms with Gasteiger partial charge in [0.25, 0.3) is 5.91 Å². The SMILES string of the molecule is C=C(NC(=O)c1cnc(N2CCCC2COC)c(C)c1)c1cc(C)ccc1OC. The molecule has 3 rings (SSSR count). The number of rotatable bonds is 7. The molecule has 0 bridgehead atoms. The van der Waals surface area contributed by atoms with Gasteiger partial charge in [-0.1, -0.05) is 18.2 Å². The summed E-state index contributed by atoms with van der Waals surface area (Å²) in [7, 11) is 3.32. The summed E-state index contributed by atoms with van der Waals surface area (Å²) >= 11 is 0. The molecule has 1 fully saturated rings. The van der Waals surface area contributed by atoms with Crippen LogP contribution in [-0.2, 0) is 4.74 Å². The van der Waals surface area contributed by atoms with E-state index >= 15 is 0 Å². The normalized spacial score (nSPS) is 16.0. The van der Waals surface area contributed by atoms with Gasteiger partial charge in [0.15, 0.2) is 0 Å². The minimum atomic E-state index is -0.240. The van der Waals surface area contributed by atoms with E-state index in [-0.39, 0.29) is 5.91 Å². The van der Waals surface area contributed by atoms with Gasteiger partial charge in [-0.25, -0.2) is 4.98 Å². The van der Waals surface area contributed by atoms with Gasteiger partial charge in [-0.2, -0.15) is 0 Å². The molecule has 154 valence electrons. The van der Waals surface area contributed by atoms with Crippen LogP contribution in [0.25, 0.3) is 5.70 Å². The molecule has 0 aliphatic carbocycles. The predicted molar refractivity (Wildman–Crippen MR) is 115 cm³/mol. The zero-order chi connectivity index (χ0) is 21.0. The van der Waals surface area contributed by atoms with E-state index in [1.54, 1.807) is 20.4 Å². The van der Waals surface area contributed by atoms with Gasteiger partial charge in [0, 0.05) is 31.1 Å². The summed E-state index contributed by atoms with van der Waals surface area (Å²) in [6, 6.07) is 7.98. The summed E-state index contributed by atoms with van der Waals surface area (Å²) in [5.41, 5.74) is 3.80. The van der Waals surface area contributed by atoms with Crippen LogP contribution in [0, 0.1) is 13.8 Å². The van der Waals surface area contributed by atoms with Gasteiger partial charge in [0.05, 0.1) is 25.3 Å². The molecule has 1 amide bonds. The smallest absolute Gasteiger partial charge is 0.257 e. The van der Waals surface area contributed by atoms with Crippen LogP contribution < -0.4 is 15.0 Å². The molecule has 6 nitrogen and oxygen atoms in total. The third-order valence-corrected chi connectivity index (χ3v) is 5.27. The monoisotopic (exact) mass is 395 g/mol. The van der Waals surface area contributed by atoms with Crippen LogP contribution in [-0.4, -0.2) is 44.3 Å². The summed E-state index contributed by atoms with van der Waals surface area (Å²) in [6.45, 7) is 9.63. The Bertz CT molecular complexity index is 910. The van der Waals surface area contributed by atoms with Gasteiger partial charge in [0.1, 0.15) is 11.6 Å². The molecule has 0 saturated carbocycles. The molecule has 1 aromatic heterocycles. The van der Waals surface area contributed by atoms with Crippen molar-refractivity contribution in [2.24, 2.45) is 0 Å². The lowest BCUT2D eigenvalue weighted by atomic mass is 10.1. The van der Waals surface area contributed by atoms with Crippen molar-refractivity contribution in [1.82, 2.24) is 10.3 Å². The maximum Gasteiger partial charge on any atom is 0.257 e. The Morgan fingerprint density at radius 3 is 2.79 bits per heavy atom. The second-order valence-corrected chi connectivity index (χ2v) is 7.45. The number of carbonyl (C=O) groups is 1. The largest absolute Gasteiger partial charge is 0.496 e. The van der Waals surface area contributed by atoms with Gasteiger partial charge >= 0.3 is 0 Å². The van der Waals surface area contributed by atoms with Crippen molar-refractivity contribution in [2.75, 3.05) is 32.3 Å². The lowest BCUT2D eigenvalue weighted by molar-refractivity contribution is 0.0973. The molecular weight excluding hydrogens is 366 g/mol. The van der Waals surface area contributed by atoms with Crippen LogP contribution in [0.3, 0.4) is 0 Å². The summed E-state index contributed by atoms with van der Waals surface area (Å²) in [5, 5.41) is 2.87. The van der Waals surface area contributed by atoms with Gasteiger partial charge in [-0.3, -0.25) is 4.79 Å². The van der Waals surface area contributed by atoms with E-state index in [2.05, 4.69) is 21.8 Å². The second kappa shape index (κ2) is 9.09. The Labute approximate surface area is 172 Å². The Morgan fingerprint density at radius 2 is 2.10 bits per heavy atom. The number of hydrogen-bond acceptors (Lipinski definition) is 5. The first-order valence-corrected chi connectivity index (χ1v) is 9.82. The van der Waals surface area contributed by atoms with Crippen molar-refractivity contribution in [1.29, 1.82) is 0 Å². The quantitative estimate of drug-likeness (QED) is 0.774. The van der Waals surface area contributed by atoms with Gasteiger partial charge < -0.3 is 19.7 Å². The van der Waals surface area contributed by atoms with E-state index in [1.807, 2.05) is 38.1 Å². The molecular formula is C23H29N3O3. The molecule has 1 aliphatic rings. The number of anilines is 1. The first-order valence-electron chi connectivity index (χ1n) is 9.82. The van der Waals surface area contributed by atoms with E-state index < -0.39 is 0 Å². The molecule has 29 heavy (non-hydrogen) atoms. The lowest BCUT2D eigenvalue weighted by Crippen LogP contribution is -2.34. The standard InChI is InChI=1S/C23H29N3O3/c1-15-8-9-21(29-5)20(11-15)17(3)25-23(27)18-12-16(2)22(24-13-18)26-10-6-7-19(26)14-28-4/h8-9,11-13,19H,3,6-7,10,14H2,1-2,4-5H3,(H,25,27). The number of amides is 1. The number of benzene rings is 1. The Morgan fingerprint density at radius 1 is 1.31 bits per heavy atom. The molecule has 6 heteroatoms. The topological polar surface area (TPSA) is 63.7 Å². The summed E-state index contributed by atoms with van der Waals surface area (Å²) in [5.74, 6) is 1.35. The highest BCUT2D eigenvalue weighted by Crippen LogP contribution is 2.28. The highest BCUT2D eigenvalue weighted by Gasteiger charge is 2.27. The molecule has 0 spiro atoms. The van der Waals surface area contributed by atoms with Crippen LogP contribution in [0.5, 0.6) is 5.75 Å². The Hall–Kier alpha value is -2.86. The van der Waals surface area contributed by atoms with Crippen LogP contribution in [0.15, 0.2) is 37.0 Å². The van der Waals surface area contributed by atoms with Crippen LogP contribution in [0.4, 0.5) is 5.82 Å².